The molecule has 8 heteroatoms. The van der Waals surface area contributed by atoms with Crippen molar-refractivity contribution in [1.82, 2.24) is 15.1 Å². The minimum Gasteiger partial charge on any atom is -0.492 e. The molecule has 2 rings (SSSR count). The van der Waals surface area contributed by atoms with Crippen LogP contribution in [-0.2, 0) is 11.2 Å². The van der Waals surface area contributed by atoms with Crippen LogP contribution in [0.25, 0.3) is 0 Å². The van der Waals surface area contributed by atoms with Gasteiger partial charge in [-0.05, 0) is 38.1 Å². The minimum absolute atomic E-state index is 0.00529. The molecule has 5 nitrogen and oxygen atoms in total. The normalized spacial score (nSPS) is 10.9. The fraction of sp³-hybridized carbons (Fsp3) is 0.375. The van der Waals surface area contributed by atoms with Crippen molar-refractivity contribution in [1.29, 1.82) is 0 Å². The number of nitrogens with zero attached hydrogens (tertiary/aromatic N) is 2. The molecule has 0 aliphatic heterocycles. The molecule has 1 aromatic carbocycles. The molecule has 0 unspecified atom stereocenters. The van der Waals surface area contributed by atoms with Crippen LogP contribution in [0, 0.1) is 13.8 Å². The Hall–Kier alpha value is -2.15. The summed E-state index contributed by atoms with van der Waals surface area (Å²) in [5.41, 5.74) is 1.25. The Morgan fingerprint density at radius 2 is 2.00 bits per heavy atom. The van der Waals surface area contributed by atoms with E-state index in [1.54, 1.807) is 31.2 Å². The van der Waals surface area contributed by atoms with Gasteiger partial charge in [-0.2, -0.15) is 13.9 Å². The van der Waals surface area contributed by atoms with Gasteiger partial charge in [0.2, 0.25) is 5.91 Å². The Balaban J connectivity index is 1.80. The molecule has 0 spiro atoms. The lowest BCUT2D eigenvalue weighted by Crippen LogP contribution is -2.29. The molecule has 2 aromatic rings. The number of aryl methyl sites for hydroxylation is 1. The Morgan fingerprint density at radius 1 is 1.33 bits per heavy atom. The molecule has 0 saturated carbocycles. The lowest BCUT2D eigenvalue weighted by molar-refractivity contribution is -0.120. The van der Waals surface area contributed by atoms with E-state index in [0.717, 1.165) is 0 Å². The van der Waals surface area contributed by atoms with Gasteiger partial charge in [0, 0.05) is 16.3 Å². The average Bonchev–Trinajstić information content (AvgIpc) is 2.81. The summed E-state index contributed by atoms with van der Waals surface area (Å²) in [7, 11) is 0. The second-order valence-electron chi connectivity index (χ2n) is 5.20. The number of amides is 1. The topological polar surface area (TPSA) is 56.2 Å². The summed E-state index contributed by atoms with van der Waals surface area (Å²) in [6, 6.07) is 6.88. The van der Waals surface area contributed by atoms with Crippen LogP contribution < -0.4 is 10.1 Å². The number of benzene rings is 1. The van der Waals surface area contributed by atoms with Crippen molar-refractivity contribution < 1.29 is 18.3 Å². The number of rotatable bonds is 7. The summed E-state index contributed by atoms with van der Waals surface area (Å²) in [6.07, 6.45) is 0.00529. The van der Waals surface area contributed by atoms with Gasteiger partial charge < -0.3 is 10.1 Å². The van der Waals surface area contributed by atoms with Crippen molar-refractivity contribution in [2.75, 3.05) is 13.2 Å². The van der Waals surface area contributed by atoms with Crippen LogP contribution in [0.2, 0.25) is 5.02 Å². The minimum atomic E-state index is -2.71. The molecule has 130 valence electrons. The van der Waals surface area contributed by atoms with Crippen molar-refractivity contribution in [2.24, 2.45) is 0 Å². The molecular weight excluding hydrogens is 340 g/mol. The average molecular weight is 358 g/mol. The van der Waals surface area contributed by atoms with Gasteiger partial charge in [-0.15, -0.1) is 0 Å². The lowest BCUT2D eigenvalue weighted by atomic mass is 10.1. The van der Waals surface area contributed by atoms with E-state index in [-0.39, 0.29) is 12.3 Å². The van der Waals surface area contributed by atoms with Crippen molar-refractivity contribution in [3.8, 4) is 5.75 Å². The summed E-state index contributed by atoms with van der Waals surface area (Å²) in [4.78, 5) is 11.9. The molecule has 0 bridgehead atoms. The zero-order valence-electron chi connectivity index (χ0n) is 13.4. The maximum atomic E-state index is 12.8. The van der Waals surface area contributed by atoms with E-state index in [2.05, 4.69) is 10.4 Å². The number of aromatic nitrogens is 2. The van der Waals surface area contributed by atoms with E-state index >= 15 is 0 Å². The van der Waals surface area contributed by atoms with Crippen LogP contribution in [-0.4, -0.2) is 28.8 Å². The van der Waals surface area contributed by atoms with Gasteiger partial charge in [-0.3, -0.25) is 4.79 Å². The standard InChI is InChI=1S/C16H18ClF2N3O2/c1-10-14(11(2)22(21-10)16(18)19)9-15(23)20-7-8-24-13-5-3-12(17)4-6-13/h3-6,16H,7-9H2,1-2H3,(H,20,23). The molecule has 0 fully saturated rings. The molecule has 24 heavy (non-hydrogen) atoms. The first-order chi connectivity index (χ1) is 11.4. The molecular formula is C16H18ClF2N3O2. The molecule has 0 aliphatic carbocycles. The molecule has 0 atom stereocenters. The third kappa shape index (κ3) is 4.67. The van der Waals surface area contributed by atoms with Crippen LogP contribution in [0.15, 0.2) is 24.3 Å². The van der Waals surface area contributed by atoms with Crippen molar-refractivity contribution in [2.45, 2.75) is 26.8 Å². The summed E-state index contributed by atoms with van der Waals surface area (Å²) in [5.74, 6) is 0.383. The molecule has 1 aromatic heterocycles. The van der Waals surface area contributed by atoms with Gasteiger partial charge >= 0.3 is 6.55 Å². The van der Waals surface area contributed by atoms with E-state index < -0.39 is 6.55 Å². The van der Waals surface area contributed by atoms with Gasteiger partial charge in [0.05, 0.1) is 18.7 Å². The van der Waals surface area contributed by atoms with E-state index in [4.69, 9.17) is 16.3 Å². The van der Waals surface area contributed by atoms with Crippen LogP contribution >= 0.6 is 11.6 Å². The maximum absolute atomic E-state index is 12.8. The van der Waals surface area contributed by atoms with Gasteiger partial charge in [0.25, 0.3) is 0 Å². The summed E-state index contributed by atoms with van der Waals surface area (Å²) < 4.78 is 31.6. The quantitative estimate of drug-likeness (QED) is 0.774. The number of hydrogen-bond acceptors (Lipinski definition) is 3. The van der Waals surface area contributed by atoms with Crippen molar-refractivity contribution in [3.63, 3.8) is 0 Å². The first-order valence-electron chi connectivity index (χ1n) is 7.36. The second-order valence-corrected chi connectivity index (χ2v) is 5.64. The monoisotopic (exact) mass is 357 g/mol. The third-order valence-electron chi connectivity index (χ3n) is 3.50. The van der Waals surface area contributed by atoms with Crippen molar-refractivity contribution >= 4 is 17.5 Å². The molecule has 1 N–H and O–H groups in total. The number of halogens is 3. The van der Waals surface area contributed by atoms with E-state index in [9.17, 15) is 13.6 Å². The smallest absolute Gasteiger partial charge is 0.333 e. The van der Waals surface area contributed by atoms with E-state index in [1.165, 1.54) is 6.92 Å². The predicted octanol–water partition coefficient (Wildman–Crippen LogP) is 3.29. The largest absolute Gasteiger partial charge is 0.492 e. The Labute approximate surface area is 143 Å². The fourth-order valence-electron chi connectivity index (χ4n) is 2.26. The number of alkyl halides is 2. The van der Waals surface area contributed by atoms with Crippen LogP contribution in [0.4, 0.5) is 8.78 Å². The zero-order chi connectivity index (χ0) is 17.7. The first kappa shape index (κ1) is 18.2. The number of hydrogen-bond donors (Lipinski definition) is 1. The SMILES string of the molecule is Cc1nn(C(F)F)c(C)c1CC(=O)NCCOc1ccc(Cl)cc1. The van der Waals surface area contributed by atoms with Crippen LogP contribution in [0.5, 0.6) is 5.75 Å². The Kier molecular flexibility index (Phi) is 6.14. The van der Waals surface area contributed by atoms with Gasteiger partial charge in [-0.25, -0.2) is 4.68 Å². The Morgan fingerprint density at radius 3 is 2.58 bits per heavy atom. The summed E-state index contributed by atoms with van der Waals surface area (Å²) in [5, 5.41) is 7.06. The maximum Gasteiger partial charge on any atom is 0.333 e. The molecule has 0 aliphatic rings. The van der Waals surface area contributed by atoms with Crippen molar-refractivity contribution in [3.05, 3.63) is 46.2 Å². The molecule has 1 amide bonds. The highest BCUT2D eigenvalue weighted by molar-refractivity contribution is 6.30. The van der Waals surface area contributed by atoms with Crippen LogP contribution in [0.1, 0.15) is 23.5 Å². The van der Waals surface area contributed by atoms with E-state index in [0.29, 0.717) is 45.6 Å². The predicted molar refractivity (Wildman–Crippen MR) is 86.6 cm³/mol. The summed E-state index contributed by atoms with van der Waals surface area (Å²) in [6.45, 7) is 1.02. The van der Waals surface area contributed by atoms with Crippen LogP contribution in [0.3, 0.4) is 0 Å². The van der Waals surface area contributed by atoms with E-state index in [1.807, 2.05) is 0 Å². The highest BCUT2D eigenvalue weighted by Crippen LogP contribution is 2.19. The molecule has 0 radical (unpaired) electrons. The number of nitrogens with one attached hydrogen (secondary N) is 1. The highest BCUT2D eigenvalue weighted by atomic mass is 35.5. The van der Waals surface area contributed by atoms with Gasteiger partial charge in [0.1, 0.15) is 12.4 Å². The number of carbonyl (C=O) groups is 1. The Bertz CT molecular complexity index is 702. The van der Waals surface area contributed by atoms with Gasteiger partial charge in [-0.1, -0.05) is 11.6 Å². The lowest BCUT2D eigenvalue weighted by Gasteiger charge is -2.08. The zero-order valence-corrected chi connectivity index (χ0v) is 14.1. The third-order valence-corrected chi connectivity index (χ3v) is 3.76. The fourth-order valence-corrected chi connectivity index (χ4v) is 2.38. The second kappa shape index (κ2) is 8.10. The molecule has 1 heterocycles. The number of carbonyl (C=O) groups excluding carboxylic acids is 1. The van der Waals surface area contributed by atoms with Gasteiger partial charge in [0.15, 0.2) is 0 Å². The number of ether oxygens (including phenoxy) is 1. The summed E-state index contributed by atoms with van der Waals surface area (Å²) >= 11 is 5.77. The highest BCUT2D eigenvalue weighted by Gasteiger charge is 2.18. The molecule has 0 saturated heterocycles. The first-order valence-corrected chi connectivity index (χ1v) is 7.74.